The van der Waals surface area contributed by atoms with Crippen molar-refractivity contribution in [3.05, 3.63) is 41.5 Å². The maximum atomic E-state index is 13.2. The van der Waals surface area contributed by atoms with E-state index in [4.69, 9.17) is 5.73 Å². The lowest BCUT2D eigenvalue weighted by Crippen LogP contribution is -2.03. The van der Waals surface area contributed by atoms with E-state index in [2.05, 4.69) is 15.1 Å². The quantitative estimate of drug-likeness (QED) is 0.720. The summed E-state index contributed by atoms with van der Waals surface area (Å²) in [7, 11) is 0. The second kappa shape index (κ2) is 3.92. The van der Waals surface area contributed by atoms with E-state index in [0.717, 1.165) is 11.4 Å². The van der Waals surface area contributed by atoms with E-state index in [1.165, 1.54) is 12.1 Å². The minimum absolute atomic E-state index is 0.295. The summed E-state index contributed by atoms with van der Waals surface area (Å²) in [5, 5.41) is 3.08. The van der Waals surface area contributed by atoms with Crippen LogP contribution in [0.3, 0.4) is 0 Å². The minimum Gasteiger partial charge on any atom is -0.325 e. The Balaban J connectivity index is 2.17. The summed E-state index contributed by atoms with van der Waals surface area (Å²) in [6.07, 6.45) is 0. The molecule has 3 N–H and O–H groups in total. The third-order valence-corrected chi connectivity index (χ3v) is 2.88. The second-order valence-electron chi connectivity index (χ2n) is 4.07. The molecule has 0 aliphatic carbocycles. The summed E-state index contributed by atoms with van der Waals surface area (Å²) in [4.78, 5) is 8.63. The maximum Gasteiger partial charge on any atom is 0.251 e. The standard InChI is InChI=1S/C12H12FN5/c1-7-10(6-14)18-12(15-7)16-11(17-18)8-3-2-4-9(13)5-8/h2-5H,6,14H2,1H3,(H,15,16,17). The molecule has 0 amide bonds. The number of nitrogens with one attached hydrogen (secondary N) is 1. The molecule has 2 aromatic heterocycles. The van der Waals surface area contributed by atoms with Gasteiger partial charge < -0.3 is 5.73 Å². The van der Waals surface area contributed by atoms with E-state index in [-0.39, 0.29) is 5.82 Å². The van der Waals surface area contributed by atoms with Crippen LogP contribution in [0.1, 0.15) is 11.4 Å². The van der Waals surface area contributed by atoms with Crippen LogP contribution in [0.25, 0.3) is 17.2 Å². The molecule has 0 saturated heterocycles. The summed E-state index contributed by atoms with van der Waals surface area (Å²) in [6.45, 7) is 2.25. The molecule has 0 saturated carbocycles. The molecule has 0 atom stereocenters. The van der Waals surface area contributed by atoms with Gasteiger partial charge in [0.15, 0.2) is 5.82 Å². The highest BCUT2D eigenvalue weighted by Crippen LogP contribution is 2.18. The van der Waals surface area contributed by atoms with Crippen LogP contribution in [0, 0.1) is 12.7 Å². The van der Waals surface area contributed by atoms with Crippen molar-refractivity contribution in [2.24, 2.45) is 5.73 Å². The maximum absolute atomic E-state index is 13.2. The first-order valence-electron chi connectivity index (χ1n) is 5.59. The molecule has 0 radical (unpaired) electrons. The van der Waals surface area contributed by atoms with E-state index >= 15 is 0 Å². The average Bonchev–Trinajstić information content (AvgIpc) is 2.85. The van der Waals surface area contributed by atoms with Crippen molar-refractivity contribution < 1.29 is 4.39 Å². The number of hydrogen-bond donors (Lipinski definition) is 2. The van der Waals surface area contributed by atoms with Crippen LogP contribution in [0.2, 0.25) is 0 Å². The van der Waals surface area contributed by atoms with E-state index in [1.807, 2.05) is 6.92 Å². The van der Waals surface area contributed by atoms with Crippen LogP contribution in [0.5, 0.6) is 0 Å². The summed E-state index contributed by atoms with van der Waals surface area (Å²) in [6, 6.07) is 6.25. The van der Waals surface area contributed by atoms with Crippen LogP contribution in [-0.2, 0) is 6.54 Å². The molecule has 0 fully saturated rings. The van der Waals surface area contributed by atoms with Crippen molar-refractivity contribution in [2.45, 2.75) is 13.5 Å². The van der Waals surface area contributed by atoms with Gasteiger partial charge in [0.05, 0.1) is 11.4 Å². The number of fused-ring (bicyclic) bond motifs is 1. The third-order valence-electron chi connectivity index (χ3n) is 2.88. The fraction of sp³-hybridized carbons (Fsp3) is 0.167. The van der Waals surface area contributed by atoms with Gasteiger partial charge in [-0.25, -0.2) is 13.9 Å². The number of hydrogen-bond acceptors (Lipinski definition) is 3. The lowest BCUT2D eigenvalue weighted by atomic mass is 10.2. The van der Waals surface area contributed by atoms with Crippen LogP contribution >= 0.6 is 0 Å². The number of imidazole rings is 1. The molecular weight excluding hydrogens is 233 g/mol. The molecular formula is C12H12FN5. The van der Waals surface area contributed by atoms with Crippen LogP contribution < -0.4 is 5.73 Å². The van der Waals surface area contributed by atoms with Crippen LogP contribution in [0.15, 0.2) is 24.3 Å². The van der Waals surface area contributed by atoms with Gasteiger partial charge in [0.2, 0.25) is 0 Å². The first kappa shape index (κ1) is 10.9. The molecule has 3 rings (SSSR count). The molecule has 0 spiro atoms. The lowest BCUT2D eigenvalue weighted by Gasteiger charge is -1.97. The van der Waals surface area contributed by atoms with Gasteiger partial charge >= 0.3 is 0 Å². The van der Waals surface area contributed by atoms with Gasteiger partial charge in [0.1, 0.15) is 5.82 Å². The molecule has 0 aliphatic heterocycles. The van der Waals surface area contributed by atoms with Crippen LogP contribution in [-0.4, -0.2) is 19.6 Å². The Morgan fingerprint density at radius 1 is 1.39 bits per heavy atom. The average molecular weight is 245 g/mol. The van der Waals surface area contributed by atoms with Gasteiger partial charge in [-0.1, -0.05) is 12.1 Å². The highest BCUT2D eigenvalue weighted by molar-refractivity contribution is 5.57. The Morgan fingerprint density at radius 3 is 2.94 bits per heavy atom. The monoisotopic (exact) mass is 245 g/mol. The molecule has 3 aromatic rings. The van der Waals surface area contributed by atoms with Gasteiger partial charge in [-0.3, -0.25) is 5.10 Å². The third kappa shape index (κ3) is 1.58. The van der Waals surface area contributed by atoms with Crippen molar-refractivity contribution in [1.29, 1.82) is 0 Å². The predicted octanol–water partition coefficient (Wildman–Crippen LogP) is 1.63. The zero-order valence-electron chi connectivity index (χ0n) is 9.81. The fourth-order valence-corrected chi connectivity index (χ4v) is 1.97. The Kier molecular flexibility index (Phi) is 2.38. The highest BCUT2D eigenvalue weighted by atomic mass is 19.1. The highest BCUT2D eigenvalue weighted by Gasteiger charge is 2.12. The summed E-state index contributed by atoms with van der Waals surface area (Å²) in [5.74, 6) is 0.829. The Hall–Kier alpha value is -2.21. The number of aromatic nitrogens is 4. The first-order chi connectivity index (χ1) is 8.69. The van der Waals surface area contributed by atoms with Gasteiger partial charge in [-0.05, 0) is 19.1 Å². The number of nitrogens with zero attached hydrogens (tertiary/aromatic N) is 3. The van der Waals surface area contributed by atoms with Gasteiger partial charge in [0, 0.05) is 12.1 Å². The Morgan fingerprint density at radius 2 is 2.22 bits per heavy atom. The molecule has 0 unspecified atom stereocenters. The fourth-order valence-electron chi connectivity index (χ4n) is 1.97. The van der Waals surface area contributed by atoms with E-state index in [9.17, 15) is 4.39 Å². The zero-order chi connectivity index (χ0) is 12.7. The molecule has 5 nitrogen and oxygen atoms in total. The van der Waals surface area contributed by atoms with Crippen molar-refractivity contribution in [3.8, 4) is 11.4 Å². The van der Waals surface area contributed by atoms with Crippen LogP contribution in [0.4, 0.5) is 4.39 Å². The van der Waals surface area contributed by atoms with Gasteiger partial charge in [-0.15, -0.1) is 0 Å². The minimum atomic E-state index is -0.295. The Bertz CT molecular complexity index is 712. The number of halogens is 1. The topological polar surface area (TPSA) is 72.0 Å². The number of aryl methyl sites for hydroxylation is 1. The smallest absolute Gasteiger partial charge is 0.251 e. The van der Waals surface area contributed by atoms with E-state index < -0.39 is 0 Å². The predicted molar refractivity (Wildman–Crippen MR) is 65.4 cm³/mol. The molecule has 18 heavy (non-hydrogen) atoms. The first-order valence-corrected chi connectivity index (χ1v) is 5.59. The molecule has 92 valence electrons. The number of H-pyrrole nitrogens is 1. The molecule has 0 aliphatic rings. The summed E-state index contributed by atoms with van der Waals surface area (Å²) in [5.41, 5.74) is 8.07. The lowest BCUT2D eigenvalue weighted by molar-refractivity contribution is 0.628. The van der Waals surface area contributed by atoms with Gasteiger partial charge in [0.25, 0.3) is 5.78 Å². The number of nitrogens with two attached hydrogens (primary N) is 1. The van der Waals surface area contributed by atoms with Crippen molar-refractivity contribution >= 4 is 5.78 Å². The van der Waals surface area contributed by atoms with E-state index in [1.54, 1.807) is 16.6 Å². The van der Waals surface area contributed by atoms with Crippen molar-refractivity contribution in [1.82, 2.24) is 19.6 Å². The van der Waals surface area contributed by atoms with Crippen molar-refractivity contribution in [2.75, 3.05) is 0 Å². The molecule has 6 heteroatoms. The summed E-state index contributed by atoms with van der Waals surface area (Å²) >= 11 is 0. The zero-order valence-corrected chi connectivity index (χ0v) is 9.81. The molecule has 0 bridgehead atoms. The van der Waals surface area contributed by atoms with Gasteiger partial charge in [-0.2, -0.15) is 4.98 Å². The second-order valence-corrected chi connectivity index (χ2v) is 4.07. The summed E-state index contributed by atoms with van der Waals surface area (Å²) < 4.78 is 14.9. The Labute approximate surface area is 102 Å². The normalized spacial score (nSPS) is 11.3. The molecule has 1 aromatic carbocycles. The SMILES string of the molecule is Cc1nc2nc(-c3cccc(F)c3)[nH]n2c1CN. The van der Waals surface area contributed by atoms with E-state index in [0.29, 0.717) is 23.7 Å². The number of benzene rings is 1. The largest absolute Gasteiger partial charge is 0.325 e. The van der Waals surface area contributed by atoms with Crippen molar-refractivity contribution in [3.63, 3.8) is 0 Å². The molecule has 2 heterocycles. The number of aromatic amines is 1. The number of rotatable bonds is 2.